The molecule has 0 bridgehead atoms. The molecule has 1 aliphatic heterocycles. The summed E-state index contributed by atoms with van der Waals surface area (Å²) < 4.78 is 0. The van der Waals surface area contributed by atoms with Gasteiger partial charge in [-0.3, -0.25) is 9.69 Å². The molecular formula is C8H13ClN4O2. The lowest BCUT2D eigenvalue weighted by molar-refractivity contribution is -0.137. The number of fused-ring (bicyclic) bond motifs is 1. The molecule has 2 heterocycles. The van der Waals surface area contributed by atoms with Crippen molar-refractivity contribution in [2.75, 3.05) is 13.1 Å². The first kappa shape index (κ1) is 11.9. The average molecular weight is 233 g/mol. The first-order valence-electron chi connectivity index (χ1n) is 4.58. The van der Waals surface area contributed by atoms with Crippen LogP contribution < -0.4 is 0 Å². The second kappa shape index (κ2) is 5.09. The predicted molar refractivity (Wildman–Crippen MR) is 54.9 cm³/mol. The first-order valence-corrected chi connectivity index (χ1v) is 4.58. The fourth-order valence-corrected chi connectivity index (χ4v) is 1.60. The average Bonchev–Trinajstić information content (AvgIpc) is 2.61. The zero-order valence-electron chi connectivity index (χ0n) is 8.14. The minimum Gasteiger partial charge on any atom is -0.481 e. The van der Waals surface area contributed by atoms with Crippen molar-refractivity contribution in [1.82, 2.24) is 20.3 Å². The summed E-state index contributed by atoms with van der Waals surface area (Å²) in [4.78, 5) is 12.5. The van der Waals surface area contributed by atoms with E-state index in [0.29, 0.717) is 13.1 Å². The number of rotatable bonds is 3. The van der Waals surface area contributed by atoms with Crippen LogP contribution in [0.1, 0.15) is 17.8 Å². The Kier molecular flexibility index (Phi) is 4.05. The smallest absolute Gasteiger partial charge is 0.304 e. The van der Waals surface area contributed by atoms with Gasteiger partial charge in [0.1, 0.15) is 0 Å². The minimum absolute atomic E-state index is 0. The molecule has 1 aromatic heterocycles. The van der Waals surface area contributed by atoms with Crippen molar-refractivity contribution in [2.24, 2.45) is 0 Å². The van der Waals surface area contributed by atoms with Crippen LogP contribution in [0.3, 0.4) is 0 Å². The van der Waals surface area contributed by atoms with Crippen molar-refractivity contribution in [1.29, 1.82) is 0 Å². The fraction of sp³-hybridized carbons (Fsp3) is 0.625. The largest absolute Gasteiger partial charge is 0.481 e. The molecule has 2 rings (SSSR count). The number of carbonyl (C=O) groups is 1. The van der Waals surface area contributed by atoms with E-state index in [0.717, 1.165) is 24.4 Å². The van der Waals surface area contributed by atoms with Gasteiger partial charge in [0.2, 0.25) is 0 Å². The number of halogens is 1. The molecule has 0 unspecified atom stereocenters. The fourth-order valence-electron chi connectivity index (χ4n) is 1.60. The summed E-state index contributed by atoms with van der Waals surface area (Å²) in [5, 5.41) is 19.1. The van der Waals surface area contributed by atoms with Crippen molar-refractivity contribution < 1.29 is 9.90 Å². The molecule has 0 spiro atoms. The van der Waals surface area contributed by atoms with Gasteiger partial charge in [0.05, 0.1) is 17.8 Å². The van der Waals surface area contributed by atoms with Crippen LogP contribution in [0.25, 0.3) is 0 Å². The summed E-state index contributed by atoms with van der Waals surface area (Å²) >= 11 is 0. The summed E-state index contributed by atoms with van der Waals surface area (Å²) in [5.41, 5.74) is 1.96. The molecule has 84 valence electrons. The molecule has 0 saturated carbocycles. The molecule has 0 atom stereocenters. The lowest BCUT2D eigenvalue weighted by Gasteiger charge is -2.24. The highest BCUT2D eigenvalue weighted by molar-refractivity contribution is 5.85. The molecule has 1 aliphatic rings. The van der Waals surface area contributed by atoms with Gasteiger partial charge in [0.15, 0.2) is 0 Å². The van der Waals surface area contributed by atoms with Gasteiger partial charge < -0.3 is 5.11 Å². The Morgan fingerprint density at radius 2 is 2.20 bits per heavy atom. The first-order chi connectivity index (χ1) is 6.75. The van der Waals surface area contributed by atoms with Crippen LogP contribution in [-0.2, 0) is 17.8 Å². The van der Waals surface area contributed by atoms with Crippen molar-refractivity contribution in [2.45, 2.75) is 19.4 Å². The zero-order chi connectivity index (χ0) is 9.97. The van der Waals surface area contributed by atoms with Gasteiger partial charge in [-0.15, -0.1) is 12.4 Å². The van der Waals surface area contributed by atoms with Gasteiger partial charge in [-0.2, -0.15) is 15.4 Å². The van der Waals surface area contributed by atoms with Crippen LogP contribution in [0.2, 0.25) is 0 Å². The Labute approximate surface area is 93.1 Å². The molecule has 2 N–H and O–H groups in total. The van der Waals surface area contributed by atoms with E-state index in [4.69, 9.17) is 5.11 Å². The number of aromatic nitrogens is 3. The Balaban J connectivity index is 0.00000112. The van der Waals surface area contributed by atoms with E-state index < -0.39 is 5.97 Å². The van der Waals surface area contributed by atoms with E-state index in [1.807, 2.05) is 0 Å². The number of H-pyrrole nitrogens is 1. The number of hydrogen-bond acceptors (Lipinski definition) is 4. The van der Waals surface area contributed by atoms with E-state index >= 15 is 0 Å². The second-order valence-electron chi connectivity index (χ2n) is 3.39. The number of nitrogens with one attached hydrogen (secondary N) is 1. The minimum atomic E-state index is -0.754. The molecule has 0 radical (unpaired) electrons. The summed E-state index contributed by atoms with van der Waals surface area (Å²) in [7, 11) is 0. The Morgan fingerprint density at radius 3 is 2.93 bits per heavy atom. The maximum Gasteiger partial charge on any atom is 0.304 e. The van der Waals surface area contributed by atoms with Crippen molar-refractivity contribution in [3.8, 4) is 0 Å². The maximum atomic E-state index is 10.4. The summed E-state index contributed by atoms with van der Waals surface area (Å²) in [6.45, 7) is 2.16. The van der Waals surface area contributed by atoms with E-state index in [9.17, 15) is 4.79 Å². The Hall–Kier alpha value is -1.14. The number of hydrogen-bond donors (Lipinski definition) is 2. The van der Waals surface area contributed by atoms with Crippen LogP contribution in [0.15, 0.2) is 0 Å². The van der Waals surface area contributed by atoms with E-state index in [1.54, 1.807) is 0 Å². The molecule has 0 saturated heterocycles. The standard InChI is InChI=1S/C8H12N4O2.ClH/c13-8(14)2-4-12-3-1-6-7(5-12)10-11-9-6;/h1-5H2,(H,13,14)(H,9,10,11);1H. The zero-order valence-corrected chi connectivity index (χ0v) is 8.96. The number of carboxylic acid groups (broad SMARTS) is 1. The van der Waals surface area contributed by atoms with Gasteiger partial charge in [-0.25, -0.2) is 0 Å². The quantitative estimate of drug-likeness (QED) is 0.770. The molecule has 6 nitrogen and oxygen atoms in total. The topological polar surface area (TPSA) is 82.1 Å². The molecule has 0 aliphatic carbocycles. The lowest BCUT2D eigenvalue weighted by atomic mass is 10.1. The Bertz CT molecular complexity index is 341. The van der Waals surface area contributed by atoms with E-state index in [-0.39, 0.29) is 18.8 Å². The number of aliphatic carboxylic acids is 1. The second-order valence-corrected chi connectivity index (χ2v) is 3.39. The molecule has 15 heavy (non-hydrogen) atoms. The lowest BCUT2D eigenvalue weighted by Crippen LogP contribution is -2.32. The highest BCUT2D eigenvalue weighted by atomic mass is 35.5. The third-order valence-corrected chi connectivity index (χ3v) is 2.38. The number of carboxylic acids is 1. The van der Waals surface area contributed by atoms with Crippen LogP contribution in [0.4, 0.5) is 0 Å². The normalized spacial score (nSPS) is 15.5. The predicted octanol–water partition coefficient (Wildman–Crippen LogP) is 0.0593. The van der Waals surface area contributed by atoms with Crippen molar-refractivity contribution in [3.63, 3.8) is 0 Å². The van der Waals surface area contributed by atoms with Gasteiger partial charge in [0.25, 0.3) is 0 Å². The van der Waals surface area contributed by atoms with Crippen molar-refractivity contribution >= 4 is 18.4 Å². The highest BCUT2D eigenvalue weighted by Crippen LogP contribution is 2.13. The Morgan fingerprint density at radius 1 is 1.47 bits per heavy atom. The van der Waals surface area contributed by atoms with Gasteiger partial charge >= 0.3 is 5.97 Å². The number of nitrogens with zero attached hydrogens (tertiary/aromatic N) is 3. The van der Waals surface area contributed by atoms with Crippen LogP contribution in [-0.4, -0.2) is 44.5 Å². The molecule has 0 fully saturated rings. The summed E-state index contributed by atoms with van der Waals surface area (Å²) in [6.07, 6.45) is 1.04. The third-order valence-electron chi connectivity index (χ3n) is 2.38. The maximum absolute atomic E-state index is 10.4. The molecule has 0 aromatic carbocycles. The summed E-state index contributed by atoms with van der Waals surface area (Å²) in [5.74, 6) is -0.754. The van der Waals surface area contributed by atoms with Crippen molar-refractivity contribution in [3.05, 3.63) is 11.4 Å². The molecule has 0 amide bonds. The monoisotopic (exact) mass is 232 g/mol. The number of aromatic amines is 1. The third kappa shape index (κ3) is 2.90. The van der Waals surface area contributed by atoms with Crippen LogP contribution in [0.5, 0.6) is 0 Å². The SMILES string of the molecule is Cl.O=C(O)CCN1CCc2n[nH]nc2C1. The van der Waals surface area contributed by atoms with E-state index in [2.05, 4.69) is 20.3 Å². The highest BCUT2D eigenvalue weighted by Gasteiger charge is 2.19. The van der Waals surface area contributed by atoms with Gasteiger partial charge in [0, 0.05) is 26.1 Å². The molecule has 1 aromatic rings. The molecule has 7 heteroatoms. The summed E-state index contributed by atoms with van der Waals surface area (Å²) in [6, 6.07) is 0. The van der Waals surface area contributed by atoms with Crippen LogP contribution >= 0.6 is 12.4 Å². The van der Waals surface area contributed by atoms with Crippen LogP contribution in [0, 0.1) is 0 Å². The molecular weight excluding hydrogens is 220 g/mol. The van der Waals surface area contributed by atoms with Gasteiger partial charge in [-0.05, 0) is 0 Å². The van der Waals surface area contributed by atoms with Gasteiger partial charge in [-0.1, -0.05) is 0 Å². The van der Waals surface area contributed by atoms with E-state index in [1.165, 1.54) is 0 Å².